The van der Waals surface area contributed by atoms with Crippen molar-refractivity contribution >= 4 is 6.09 Å². The number of ether oxygens (including phenoxy) is 2. The highest BCUT2D eigenvalue weighted by Crippen LogP contribution is 2.31. The number of nitrogens with zero attached hydrogens (tertiary/aromatic N) is 1. The van der Waals surface area contributed by atoms with Crippen LogP contribution in [0.4, 0.5) is 4.79 Å². The number of aromatic nitrogens is 1. The molecule has 1 aliphatic rings. The Morgan fingerprint density at radius 3 is 3.09 bits per heavy atom. The lowest BCUT2D eigenvalue weighted by molar-refractivity contribution is 0.0420. The molecule has 1 N–H and O–H groups in total. The Morgan fingerprint density at radius 1 is 1.41 bits per heavy atom. The second-order valence-electron chi connectivity index (χ2n) is 5.14. The first-order valence-corrected chi connectivity index (χ1v) is 7.24. The number of carbonyl (C=O) groups excluding carboxylic acids is 1. The third-order valence-electron chi connectivity index (χ3n) is 3.80. The zero-order valence-electron chi connectivity index (χ0n) is 12.4. The number of amides is 1. The highest BCUT2D eigenvalue weighted by Gasteiger charge is 2.22. The normalized spacial score (nSPS) is 16.7. The standard InChI is InChI=1S/C17H18N2O3/c1-21-17(20)19-11-16-15-9-13(14-3-2-7-18-10-14)5-4-12(15)6-8-22-16/h2-5,7,9-10,16H,6,8,11H2,1H3,(H,19,20). The highest BCUT2D eigenvalue weighted by molar-refractivity contribution is 5.67. The van der Waals surface area contributed by atoms with E-state index in [9.17, 15) is 4.79 Å². The highest BCUT2D eigenvalue weighted by atomic mass is 16.5. The maximum atomic E-state index is 11.3. The van der Waals surface area contributed by atoms with E-state index in [4.69, 9.17) is 4.74 Å². The molecule has 1 aromatic carbocycles. The molecule has 1 unspecified atom stereocenters. The summed E-state index contributed by atoms with van der Waals surface area (Å²) in [6.07, 6.45) is 3.89. The lowest BCUT2D eigenvalue weighted by Gasteiger charge is -2.26. The predicted octanol–water partition coefficient (Wildman–Crippen LogP) is 2.72. The number of pyridine rings is 1. The van der Waals surface area contributed by atoms with E-state index >= 15 is 0 Å². The van der Waals surface area contributed by atoms with Crippen molar-refractivity contribution in [3.63, 3.8) is 0 Å². The molecule has 1 aromatic heterocycles. The van der Waals surface area contributed by atoms with E-state index in [-0.39, 0.29) is 6.10 Å². The molecule has 22 heavy (non-hydrogen) atoms. The molecule has 0 bridgehead atoms. The zero-order chi connectivity index (χ0) is 15.4. The summed E-state index contributed by atoms with van der Waals surface area (Å²) in [5.74, 6) is 0. The van der Waals surface area contributed by atoms with Gasteiger partial charge in [0.2, 0.25) is 0 Å². The smallest absolute Gasteiger partial charge is 0.406 e. The van der Waals surface area contributed by atoms with E-state index in [1.54, 1.807) is 6.20 Å². The summed E-state index contributed by atoms with van der Waals surface area (Å²) in [7, 11) is 1.35. The Bertz CT molecular complexity index is 658. The van der Waals surface area contributed by atoms with Gasteiger partial charge in [0.1, 0.15) is 6.10 Å². The molecule has 1 aliphatic heterocycles. The lowest BCUT2D eigenvalue weighted by Crippen LogP contribution is -2.31. The molecule has 1 amide bonds. The summed E-state index contributed by atoms with van der Waals surface area (Å²) in [5, 5.41) is 2.70. The summed E-state index contributed by atoms with van der Waals surface area (Å²) >= 11 is 0. The van der Waals surface area contributed by atoms with Gasteiger partial charge in [0.05, 0.1) is 20.3 Å². The lowest BCUT2D eigenvalue weighted by atomic mass is 9.93. The first kappa shape index (κ1) is 14.5. The van der Waals surface area contributed by atoms with Crippen LogP contribution in [0.1, 0.15) is 17.2 Å². The van der Waals surface area contributed by atoms with Gasteiger partial charge in [-0.05, 0) is 40.8 Å². The minimum Gasteiger partial charge on any atom is -0.453 e. The van der Waals surface area contributed by atoms with Crippen molar-refractivity contribution in [1.82, 2.24) is 10.3 Å². The molecule has 0 saturated carbocycles. The molecule has 0 saturated heterocycles. The monoisotopic (exact) mass is 298 g/mol. The van der Waals surface area contributed by atoms with E-state index < -0.39 is 6.09 Å². The van der Waals surface area contributed by atoms with E-state index in [2.05, 4.69) is 33.2 Å². The van der Waals surface area contributed by atoms with Gasteiger partial charge in [0.15, 0.2) is 0 Å². The van der Waals surface area contributed by atoms with Crippen molar-refractivity contribution in [1.29, 1.82) is 0 Å². The van der Waals surface area contributed by atoms with Crippen molar-refractivity contribution in [2.24, 2.45) is 0 Å². The van der Waals surface area contributed by atoms with Gasteiger partial charge in [0, 0.05) is 12.4 Å². The predicted molar refractivity (Wildman–Crippen MR) is 82.5 cm³/mol. The van der Waals surface area contributed by atoms with Crippen LogP contribution in [0.3, 0.4) is 0 Å². The summed E-state index contributed by atoms with van der Waals surface area (Å²) < 4.78 is 10.4. The van der Waals surface area contributed by atoms with E-state index in [0.29, 0.717) is 13.2 Å². The molecular formula is C17H18N2O3. The maximum Gasteiger partial charge on any atom is 0.406 e. The summed E-state index contributed by atoms with van der Waals surface area (Å²) in [6.45, 7) is 1.06. The largest absolute Gasteiger partial charge is 0.453 e. The first-order chi connectivity index (χ1) is 10.8. The fourth-order valence-corrected chi connectivity index (χ4v) is 2.65. The molecule has 0 radical (unpaired) electrons. The van der Waals surface area contributed by atoms with Gasteiger partial charge in [0.25, 0.3) is 0 Å². The van der Waals surface area contributed by atoms with Crippen molar-refractivity contribution in [2.45, 2.75) is 12.5 Å². The second kappa shape index (κ2) is 6.58. The Balaban J connectivity index is 1.86. The van der Waals surface area contributed by atoms with Crippen LogP contribution in [0.25, 0.3) is 11.1 Å². The molecule has 2 heterocycles. The number of rotatable bonds is 3. The van der Waals surface area contributed by atoms with E-state index in [1.807, 2.05) is 18.3 Å². The van der Waals surface area contributed by atoms with Gasteiger partial charge >= 0.3 is 6.09 Å². The Kier molecular flexibility index (Phi) is 4.34. The summed E-state index contributed by atoms with van der Waals surface area (Å²) in [4.78, 5) is 15.4. The van der Waals surface area contributed by atoms with Crippen LogP contribution in [0.5, 0.6) is 0 Å². The van der Waals surface area contributed by atoms with Crippen LogP contribution in [0.15, 0.2) is 42.7 Å². The number of benzene rings is 1. The molecule has 114 valence electrons. The minimum atomic E-state index is -0.445. The molecule has 2 aromatic rings. The average Bonchev–Trinajstić information content (AvgIpc) is 2.59. The Morgan fingerprint density at radius 2 is 2.32 bits per heavy atom. The van der Waals surface area contributed by atoms with Gasteiger partial charge in [-0.2, -0.15) is 0 Å². The number of hydrogen-bond acceptors (Lipinski definition) is 4. The summed E-state index contributed by atoms with van der Waals surface area (Å²) in [6, 6.07) is 10.3. The number of nitrogens with one attached hydrogen (secondary N) is 1. The van der Waals surface area contributed by atoms with Crippen molar-refractivity contribution in [3.8, 4) is 11.1 Å². The molecule has 3 rings (SSSR count). The fourth-order valence-electron chi connectivity index (χ4n) is 2.65. The van der Waals surface area contributed by atoms with Gasteiger partial charge < -0.3 is 14.8 Å². The molecule has 5 nitrogen and oxygen atoms in total. The van der Waals surface area contributed by atoms with Gasteiger partial charge in [-0.3, -0.25) is 4.98 Å². The number of hydrogen-bond donors (Lipinski definition) is 1. The van der Waals surface area contributed by atoms with Gasteiger partial charge in [-0.1, -0.05) is 18.2 Å². The van der Waals surface area contributed by atoms with Crippen LogP contribution in [0.2, 0.25) is 0 Å². The SMILES string of the molecule is COC(=O)NCC1OCCc2ccc(-c3cccnc3)cc21. The third-order valence-corrected chi connectivity index (χ3v) is 3.80. The van der Waals surface area contributed by atoms with Crippen molar-refractivity contribution < 1.29 is 14.3 Å². The third kappa shape index (κ3) is 3.09. The van der Waals surface area contributed by atoms with E-state index in [1.165, 1.54) is 12.7 Å². The number of fused-ring (bicyclic) bond motifs is 1. The molecule has 5 heteroatoms. The number of alkyl carbamates (subject to hydrolysis) is 1. The molecule has 0 fully saturated rings. The van der Waals surface area contributed by atoms with E-state index in [0.717, 1.165) is 23.1 Å². The first-order valence-electron chi connectivity index (χ1n) is 7.24. The summed E-state index contributed by atoms with van der Waals surface area (Å²) in [5.41, 5.74) is 4.54. The van der Waals surface area contributed by atoms with Crippen LogP contribution in [-0.4, -0.2) is 31.3 Å². The quantitative estimate of drug-likeness (QED) is 0.946. The molecule has 0 aliphatic carbocycles. The topological polar surface area (TPSA) is 60.5 Å². The minimum absolute atomic E-state index is 0.153. The Labute approximate surface area is 129 Å². The fraction of sp³-hybridized carbons (Fsp3) is 0.294. The van der Waals surface area contributed by atoms with Crippen LogP contribution in [0, 0.1) is 0 Å². The number of carbonyl (C=O) groups is 1. The second-order valence-corrected chi connectivity index (χ2v) is 5.14. The van der Waals surface area contributed by atoms with Crippen LogP contribution in [-0.2, 0) is 15.9 Å². The average molecular weight is 298 g/mol. The van der Waals surface area contributed by atoms with Crippen molar-refractivity contribution in [2.75, 3.05) is 20.3 Å². The van der Waals surface area contributed by atoms with Crippen LogP contribution >= 0.6 is 0 Å². The Hall–Kier alpha value is -2.40. The van der Waals surface area contributed by atoms with Crippen molar-refractivity contribution in [3.05, 3.63) is 53.9 Å². The molecule has 0 spiro atoms. The maximum absolute atomic E-state index is 11.3. The van der Waals surface area contributed by atoms with Gasteiger partial charge in [-0.15, -0.1) is 0 Å². The zero-order valence-corrected chi connectivity index (χ0v) is 12.4. The molecule has 1 atom stereocenters. The van der Waals surface area contributed by atoms with Crippen LogP contribution < -0.4 is 5.32 Å². The number of methoxy groups -OCH3 is 1. The molecular weight excluding hydrogens is 280 g/mol. The van der Waals surface area contributed by atoms with Gasteiger partial charge in [-0.25, -0.2) is 4.79 Å².